The van der Waals surface area contributed by atoms with Crippen molar-refractivity contribution in [2.45, 2.75) is 24.9 Å². The van der Waals surface area contributed by atoms with E-state index >= 15 is 0 Å². The molecule has 7 nitrogen and oxygen atoms in total. The van der Waals surface area contributed by atoms with Crippen LogP contribution < -0.4 is 15.0 Å². The van der Waals surface area contributed by atoms with E-state index in [1.54, 1.807) is 25.4 Å². The molecule has 4 aromatic rings. The number of benzene rings is 2. The number of aromatic nitrogens is 3. The van der Waals surface area contributed by atoms with Gasteiger partial charge in [0, 0.05) is 36.9 Å². The van der Waals surface area contributed by atoms with Gasteiger partial charge < -0.3 is 20.1 Å². The van der Waals surface area contributed by atoms with E-state index in [0.717, 1.165) is 40.6 Å². The van der Waals surface area contributed by atoms with Gasteiger partial charge in [0.05, 0.1) is 23.2 Å². The maximum Gasteiger partial charge on any atom is 0.318 e. The molecule has 0 spiro atoms. The number of nitrogens with one attached hydrogen (secondary N) is 1. The van der Waals surface area contributed by atoms with E-state index in [1.807, 2.05) is 24.3 Å². The Kier molecular flexibility index (Phi) is 4.55. The molecule has 0 amide bonds. The smallest absolute Gasteiger partial charge is 0.318 e. The van der Waals surface area contributed by atoms with E-state index in [-0.39, 0.29) is 11.8 Å². The first kappa shape index (κ1) is 19.5. The molecule has 2 aromatic heterocycles. The van der Waals surface area contributed by atoms with Crippen LogP contribution in [0.2, 0.25) is 5.02 Å². The number of pyridine rings is 1. The van der Waals surface area contributed by atoms with Crippen molar-refractivity contribution in [3.05, 3.63) is 47.6 Å². The normalized spacial score (nSPS) is 20.2. The summed E-state index contributed by atoms with van der Waals surface area (Å²) in [6.45, 7) is 1.75. The average Bonchev–Trinajstić information content (AvgIpc) is 3.15. The number of methoxy groups -OCH3 is 1. The SMILES string of the molecule is COc1nc(N2CC3CCC(C2)N3)c2cnc(-c3cc(O)cc4ccccc34)c(Cl)c2n1. The lowest BCUT2D eigenvalue weighted by atomic mass is 10.0. The topological polar surface area (TPSA) is 83.4 Å². The number of piperazine rings is 1. The van der Waals surface area contributed by atoms with Gasteiger partial charge in [-0.3, -0.25) is 4.98 Å². The summed E-state index contributed by atoms with van der Waals surface area (Å²) in [5.74, 6) is 0.959. The van der Waals surface area contributed by atoms with Gasteiger partial charge in [0.1, 0.15) is 17.1 Å². The average molecular weight is 448 g/mol. The first-order chi connectivity index (χ1) is 15.6. The van der Waals surface area contributed by atoms with Crippen LogP contribution in [0.4, 0.5) is 5.82 Å². The van der Waals surface area contributed by atoms with Gasteiger partial charge in [-0.25, -0.2) is 0 Å². The minimum Gasteiger partial charge on any atom is -0.508 e. The third kappa shape index (κ3) is 3.12. The zero-order valence-corrected chi connectivity index (χ0v) is 18.3. The van der Waals surface area contributed by atoms with E-state index in [1.165, 1.54) is 12.8 Å². The molecule has 2 aromatic carbocycles. The second-order valence-electron chi connectivity index (χ2n) is 8.47. The number of phenolic OH excluding ortho intramolecular Hbond substituents is 1. The van der Waals surface area contributed by atoms with Crippen molar-refractivity contribution in [2.75, 3.05) is 25.1 Å². The quantitative estimate of drug-likeness (QED) is 0.488. The van der Waals surface area contributed by atoms with Crippen LogP contribution in [0.1, 0.15) is 12.8 Å². The van der Waals surface area contributed by atoms with Crippen LogP contribution in [-0.2, 0) is 0 Å². The Hall–Kier alpha value is -3.16. The largest absolute Gasteiger partial charge is 0.508 e. The molecule has 2 saturated heterocycles. The highest BCUT2D eigenvalue weighted by Gasteiger charge is 2.34. The van der Waals surface area contributed by atoms with E-state index in [0.29, 0.717) is 28.3 Å². The number of ether oxygens (including phenoxy) is 1. The van der Waals surface area contributed by atoms with Crippen LogP contribution >= 0.6 is 11.6 Å². The van der Waals surface area contributed by atoms with Crippen LogP contribution in [0.25, 0.3) is 32.9 Å². The molecule has 2 aliphatic heterocycles. The number of nitrogens with zero attached hydrogens (tertiary/aromatic N) is 4. The summed E-state index contributed by atoms with van der Waals surface area (Å²) in [7, 11) is 1.56. The first-order valence-electron chi connectivity index (χ1n) is 10.7. The highest BCUT2D eigenvalue weighted by atomic mass is 35.5. The molecule has 0 radical (unpaired) electrons. The van der Waals surface area contributed by atoms with E-state index in [9.17, 15) is 5.11 Å². The Morgan fingerprint density at radius 1 is 1.09 bits per heavy atom. The molecule has 8 heteroatoms. The predicted molar refractivity (Wildman–Crippen MR) is 126 cm³/mol. The number of fused-ring (bicyclic) bond motifs is 4. The molecule has 6 rings (SSSR count). The monoisotopic (exact) mass is 447 g/mol. The van der Waals surface area contributed by atoms with Crippen LogP contribution in [0, 0.1) is 0 Å². The molecule has 2 atom stereocenters. The van der Waals surface area contributed by atoms with Crippen LogP contribution in [0.3, 0.4) is 0 Å². The highest BCUT2D eigenvalue weighted by molar-refractivity contribution is 6.38. The predicted octanol–water partition coefficient (Wildman–Crippen LogP) is 4.15. The number of hydrogen-bond donors (Lipinski definition) is 2. The van der Waals surface area contributed by atoms with Gasteiger partial charge in [-0.1, -0.05) is 35.9 Å². The van der Waals surface area contributed by atoms with Crippen molar-refractivity contribution in [2.24, 2.45) is 0 Å². The molecule has 2 unspecified atom stereocenters. The second-order valence-corrected chi connectivity index (χ2v) is 8.85. The standard InChI is InChI=1S/C24H22ClN5O2/c1-32-24-28-22-19(23(29-24)30-11-14-6-7-15(12-30)27-14)10-26-21(20(22)25)18-9-16(31)8-13-4-2-3-5-17(13)18/h2-5,8-10,14-15,27,31H,6-7,11-12H2,1H3. The number of hydrogen-bond acceptors (Lipinski definition) is 7. The Morgan fingerprint density at radius 3 is 2.66 bits per heavy atom. The summed E-state index contributed by atoms with van der Waals surface area (Å²) >= 11 is 6.92. The number of rotatable bonds is 3. The van der Waals surface area contributed by atoms with Gasteiger partial charge in [0.15, 0.2) is 0 Å². The van der Waals surface area contributed by atoms with E-state index < -0.39 is 0 Å². The fourth-order valence-corrected chi connectivity index (χ4v) is 5.30. The molecule has 2 aliphatic rings. The number of halogens is 1. The summed E-state index contributed by atoms with van der Waals surface area (Å²) in [6.07, 6.45) is 4.14. The van der Waals surface area contributed by atoms with Crippen LogP contribution in [0.5, 0.6) is 11.8 Å². The van der Waals surface area contributed by atoms with Gasteiger partial charge in [0.25, 0.3) is 0 Å². The van der Waals surface area contributed by atoms with Crippen molar-refractivity contribution in [1.29, 1.82) is 0 Å². The summed E-state index contributed by atoms with van der Waals surface area (Å²) in [6, 6.07) is 12.5. The van der Waals surface area contributed by atoms with Crippen molar-refractivity contribution in [3.63, 3.8) is 0 Å². The number of phenols is 1. The lowest BCUT2D eigenvalue weighted by molar-refractivity contribution is 0.380. The molecule has 4 heterocycles. The van der Waals surface area contributed by atoms with Gasteiger partial charge in [-0.2, -0.15) is 9.97 Å². The molecule has 2 fully saturated rings. The van der Waals surface area contributed by atoms with Gasteiger partial charge >= 0.3 is 6.01 Å². The van der Waals surface area contributed by atoms with Crippen LogP contribution in [0.15, 0.2) is 42.6 Å². The molecule has 0 aliphatic carbocycles. The minimum atomic E-state index is 0.161. The van der Waals surface area contributed by atoms with E-state index in [2.05, 4.69) is 20.2 Å². The third-order valence-corrected chi connectivity index (χ3v) is 6.80. The van der Waals surface area contributed by atoms with Crippen molar-refractivity contribution < 1.29 is 9.84 Å². The van der Waals surface area contributed by atoms with Crippen molar-refractivity contribution in [1.82, 2.24) is 20.3 Å². The molecule has 0 saturated carbocycles. The lowest BCUT2D eigenvalue weighted by Gasteiger charge is -2.34. The Morgan fingerprint density at radius 2 is 1.88 bits per heavy atom. The second kappa shape index (κ2) is 7.46. The zero-order valence-electron chi connectivity index (χ0n) is 17.5. The summed E-state index contributed by atoms with van der Waals surface area (Å²) in [5.41, 5.74) is 1.92. The fraction of sp³-hybridized carbons (Fsp3) is 0.292. The Bertz CT molecular complexity index is 1350. The van der Waals surface area contributed by atoms with Gasteiger partial charge in [-0.15, -0.1) is 0 Å². The first-order valence-corrected chi connectivity index (χ1v) is 11.1. The molecule has 162 valence electrons. The Balaban J connectivity index is 1.56. The third-order valence-electron chi connectivity index (χ3n) is 6.44. The van der Waals surface area contributed by atoms with E-state index in [4.69, 9.17) is 21.3 Å². The summed E-state index contributed by atoms with van der Waals surface area (Å²) in [4.78, 5) is 16.3. The maximum absolute atomic E-state index is 10.3. The van der Waals surface area contributed by atoms with Crippen LogP contribution in [-0.4, -0.2) is 52.3 Å². The van der Waals surface area contributed by atoms with Crippen molar-refractivity contribution >= 4 is 39.1 Å². The minimum absolute atomic E-state index is 0.161. The van der Waals surface area contributed by atoms with Crippen molar-refractivity contribution in [3.8, 4) is 23.0 Å². The molecular weight excluding hydrogens is 426 g/mol. The highest BCUT2D eigenvalue weighted by Crippen LogP contribution is 2.40. The number of anilines is 1. The molecular formula is C24H22ClN5O2. The van der Waals surface area contributed by atoms with Gasteiger partial charge in [0.2, 0.25) is 0 Å². The fourth-order valence-electron chi connectivity index (χ4n) is 5.00. The molecule has 2 bridgehead atoms. The van der Waals surface area contributed by atoms with Gasteiger partial charge in [-0.05, 0) is 35.7 Å². The number of aromatic hydroxyl groups is 1. The molecule has 2 N–H and O–H groups in total. The summed E-state index contributed by atoms with van der Waals surface area (Å²) in [5, 5.41) is 17.0. The Labute approximate surface area is 190 Å². The lowest BCUT2D eigenvalue weighted by Crippen LogP contribution is -2.51. The molecule has 32 heavy (non-hydrogen) atoms. The zero-order chi connectivity index (χ0) is 21.8. The summed E-state index contributed by atoms with van der Waals surface area (Å²) < 4.78 is 5.43. The maximum atomic E-state index is 10.3.